The maximum atomic E-state index is 12.1. The smallest absolute Gasteiger partial charge is 0.264 e. The maximum Gasteiger partial charge on any atom is 0.264 e. The van der Waals surface area contributed by atoms with Crippen molar-refractivity contribution in [1.82, 2.24) is 0 Å². The molecular formula is C23H30O10S2. The topological polar surface area (TPSA) is 124 Å². The van der Waals surface area contributed by atoms with E-state index in [-0.39, 0.29) is 13.2 Å². The Balaban J connectivity index is 1.92. The van der Waals surface area contributed by atoms with Crippen LogP contribution in [-0.2, 0) is 60.8 Å². The summed E-state index contributed by atoms with van der Waals surface area (Å²) in [6.45, 7) is -0.234. The molecule has 0 amide bonds. The van der Waals surface area contributed by atoms with Gasteiger partial charge in [0, 0.05) is 7.11 Å². The van der Waals surface area contributed by atoms with Gasteiger partial charge in [0.25, 0.3) is 20.2 Å². The molecule has 1 aliphatic rings. The highest BCUT2D eigenvalue weighted by atomic mass is 32.2. The number of ether oxygens (including phenoxy) is 4. The SMILES string of the molecule is COC1O[C@H](COS(C)(=O)=O)[C@@H](OS(C)(=O)=O)[C@H](OCc2ccccc2)[C@H]1OCc1ccccc1. The van der Waals surface area contributed by atoms with Gasteiger partial charge in [0.2, 0.25) is 0 Å². The molecule has 0 saturated carbocycles. The van der Waals surface area contributed by atoms with Crippen molar-refractivity contribution in [2.75, 3.05) is 26.2 Å². The van der Waals surface area contributed by atoms with Crippen LogP contribution in [0, 0.1) is 0 Å². The molecule has 10 nitrogen and oxygen atoms in total. The van der Waals surface area contributed by atoms with Gasteiger partial charge in [-0.15, -0.1) is 0 Å². The Morgan fingerprint density at radius 2 is 1.26 bits per heavy atom. The van der Waals surface area contributed by atoms with Crippen LogP contribution in [-0.4, -0.2) is 73.8 Å². The molecule has 1 fully saturated rings. The second kappa shape index (κ2) is 12.4. The van der Waals surface area contributed by atoms with Crippen molar-refractivity contribution in [2.45, 2.75) is 43.9 Å². The fourth-order valence-electron chi connectivity index (χ4n) is 3.61. The van der Waals surface area contributed by atoms with Gasteiger partial charge in [-0.05, 0) is 11.1 Å². The first-order valence-corrected chi connectivity index (χ1v) is 14.4. The zero-order valence-electron chi connectivity index (χ0n) is 19.7. The van der Waals surface area contributed by atoms with Gasteiger partial charge in [-0.1, -0.05) is 60.7 Å². The summed E-state index contributed by atoms with van der Waals surface area (Å²) in [7, 11) is -6.45. The van der Waals surface area contributed by atoms with E-state index >= 15 is 0 Å². The van der Waals surface area contributed by atoms with Crippen molar-refractivity contribution in [2.24, 2.45) is 0 Å². The summed E-state index contributed by atoms with van der Waals surface area (Å²) in [5.41, 5.74) is 1.70. The molecule has 3 rings (SSSR count). The van der Waals surface area contributed by atoms with Gasteiger partial charge >= 0.3 is 0 Å². The summed E-state index contributed by atoms with van der Waals surface area (Å²) >= 11 is 0. The molecule has 0 aromatic heterocycles. The largest absolute Gasteiger partial charge is 0.368 e. The van der Waals surface area contributed by atoms with Gasteiger partial charge < -0.3 is 18.9 Å². The molecule has 194 valence electrons. The van der Waals surface area contributed by atoms with Gasteiger partial charge in [0.1, 0.15) is 24.4 Å². The average Bonchev–Trinajstić information content (AvgIpc) is 2.81. The van der Waals surface area contributed by atoms with Gasteiger partial charge in [-0.3, -0.25) is 8.37 Å². The Labute approximate surface area is 206 Å². The van der Waals surface area contributed by atoms with Crippen LogP contribution in [0.3, 0.4) is 0 Å². The van der Waals surface area contributed by atoms with E-state index in [2.05, 4.69) is 0 Å². The van der Waals surface area contributed by atoms with Gasteiger partial charge in [-0.2, -0.15) is 16.8 Å². The molecular weight excluding hydrogens is 500 g/mol. The normalized spacial score (nSPS) is 25.4. The number of benzene rings is 2. The predicted molar refractivity (Wildman–Crippen MR) is 126 cm³/mol. The van der Waals surface area contributed by atoms with E-state index in [0.29, 0.717) is 0 Å². The third kappa shape index (κ3) is 8.92. The molecule has 0 radical (unpaired) electrons. The Kier molecular flexibility index (Phi) is 9.78. The van der Waals surface area contributed by atoms with E-state index in [1.807, 2.05) is 60.7 Å². The molecule has 1 unspecified atom stereocenters. The molecule has 0 N–H and O–H groups in total. The Morgan fingerprint density at radius 1 is 0.743 bits per heavy atom. The fraction of sp³-hybridized carbons (Fsp3) is 0.478. The highest BCUT2D eigenvalue weighted by molar-refractivity contribution is 7.86. The van der Waals surface area contributed by atoms with Crippen LogP contribution in [0.4, 0.5) is 0 Å². The van der Waals surface area contributed by atoms with Crippen molar-refractivity contribution >= 4 is 20.2 Å². The molecule has 2 aromatic rings. The minimum Gasteiger partial charge on any atom is -0.368 e. The second-order valence-electron chi connectivity index (χ2n) is 8.05. The molecule has 12 heteroatoms. The molecule has 0 bridgehead atoms. The maximum absolute atomic E-state index is 12.1. The zero-order chi connectivity index (χ0) is 25.5. The van der Waals surface area contributed by atoms with Crippen molar-refractivity contribution in [1.29, 1.82) is 0 Å². The van der Waals surface area contributed by atoms with E-state index in [9.17, 15) is 16.8 Å². The lowest BCUT2D eigenvalue weighted by Gasteiger charge is -2.44. The molecule has 0 aliphatic carbocycles. The lowest BCUT2D eigenvalue weighted by molar-refractivity contribution is -0.308. The first kappa shape index (κ1) is 27.7. The quantitative estimate of drug-likeness (QED) is 0.376. The van der Waals surface area contributed by atoms with Crippen molar-refractivity contribution in [3.05, 3.63) is 71.8 Å². The van der Waals surface area contributed by atoms with Crippen LogP contribution in [0.1, 0.15) is 11.1 Å². The van der Waals surface area contributed by atoms with E-state index in [1.165, 1.54) is 7.11 Å². The summed E-state index contributed by atoms with van der Waals surface area (Å²) in [6, 6.07) is 18.6. The summed E-state index contributed by atoms with van der Waals surface area (Å²) in [6.07, 6.45) is -3.61. The molecule has 35 heavy (non-hydrogen) atoms. The first-order valence-electron chi connectivity index (χ1n) is 10.8. The minimum absolute atomic E-state index is 0.108. The average molecular weight is 531 g/mol. The second-order valence-corrected chi connectivity index (χ2v) is 11.3. The first-order chi connectivity index (χ1) is 16.6. The van der Waals surface area contributed by atoms with Crippen LogP contribution in [0.5, 0.6) is 0 Å². The molecule has 5 atom stereocenters. The van der Waals surface area contributed by atoms with Crippen molar-refractivity contribution < 1.29 is 44.1 Å². The molecule has 0 spiro atoms. The van der Waals surface area contributed by atoms with Gasteiger partial charge in [0.05, 0.1) is 32.3 Å². The van der Waals surface area contributed by atoms with E-state index in [0.717, 1.165) is 23.6 Å². The lowest BCUT2D eigenvalue weighted by atomic mass is 9.98. The van der Waals surface area contributed by atoms with Gasteiger partial charge in [-0.25, -0.2) is 0 Å². The number of hydrogen-bond donors (Lipinski definition) is 0. The van der Waals surface area contributed by atoms with Crippen LogP contribution in [0.2, 0.25) is 0 Å². The Morgan fingerprint density at radius 3 is 1.71 bits per heavy atom. The van der Waals surface area contributed by atoms with Gasteiger partial charge in [0.15, 0.2) is 6.29 Å². The standard InChI is InChI=1S/C23H30O10S2/c1-28-23-22(30-15-18-12-8-5-9-13-18)21(29-14-17-10-6-4-7-11-17)20(33-35(3,26)27)19(32-23)16-31-34(2,24)25/h4-13,19-23H,14-16H2,1-3H3/t19-,20-,21+,22-,23?/m1/s1. The summed E-state index contributed by atoms with van der Waals surface area (Å²) in [5.74, 6) is 0. The van der Waals surface area contributed by atoms with Crippen LogP contribution in [0.25, 0.3) is 0 Å². The van der Waals surface area contributed by atoms with Crippen molar-refractivity contribution in [3.8, 4) is 0 Å². The van der Waals surface area contributed by atoms with E-state index in [4.69, 9.17) is 27.3 Å². The minimum atomic E-state index is -4.00. The van der Waals surface area contributed by atoms with Crippen LogP contribution < -0.4 is 0 Å². The van der Waals surface area contributed by atoms with Crippen LogP contribution in [0.15, 0.2) is 60.7 Å². The fourth-order valence-corrected chi connectivity index (χ4v) is 4.63. The lowest BCUT2D eigenvalue weighted by Crippen LogP contribution is -2.62. The third-order valence-electron chi connectivity index (χ3n) is 5.13. The molecule has 1 heterocycles. The van der Waals surface area contributed by atoms with Crippen molar-refractivity contribution in [3.63, 3.8) is 0 Å². The zero-order valence-corrected chi connectivity index (χ0v) is 21.3. The summed E-state index contributed by atoms with van der Waals surface area (Å²) in [5, 5.41) is 0. The third-order valence-corrected chi connectivity index (χ3v) is 6.26. The highest BCUT2D eigenvalue weighted by Gasteiger charge is 2.50. The summed E-state index contributed by atoms with van der Waals surface area (Å²) < 4.78 is 81.3. The van der Waals surface area contributed by atoms with E-state index < -0.39 is 57.5 Å². The number of methoxy groups -OCH3 is 1. The summed E-state index contributed by atoms with van der Waals surface area (Å²) in [4.78, 5) is 0. The molecule has 2 aromatic carbocycles. The monoisotopic (exact) mass is 530 g/mol. The Bertz CT molecular complexity index is 1120. The number of hydrogen-bond acceptors (Lipinski definition) is 10. The van der Waals surface area contributed by atoms with Crippen LogP contribution >= 0.6 is 0 Å². The highest BCUT2D eigenvalue weighted by Crippen LogP contribution is 2.31. The molecule has 1 aliphatic heterocycles. The predicted octanol–water partition coefficient (Wildman–Crippen LogP) is 1.85. The number of rotatable bonds is 12. The molecule has 1 saturated heterocycles. The van der Waals surface area contributed by atoms with E-state index in [1.54, 1.807) is 0 Å². The Hall–Kier alpha value is -1.90.